The number of anilines is 1. The molecule has 13 heavy (non-hydrogen) atoms. The van der Waals surface area contributed by atoms with Crippen LogP contribution in [-0.4, -0.2) is 20.6 Å². The first-order valence-electron chi connectivity index (χ1n) is 3.13. The second kappa shape index (κ2) is 2.97. The molecular weight excluding hydrogens is 178 g/mol. The van der Waals surface area contributed by atoms with E-state index in [1.54, 1.807) is 0 Å². The first kappa shape index (κ1) is 7.34. The lowest BCUT2D eigenvalue weighted by Crippen LogP contribution is -1.82. The van der Waals surface area contributed by atoms with E-state index in [1.807, 2.05) is 0 Å². The van der Waals surface area contributed by atoms with E-state index in [1.165, 1.54) is 6.20 Å². The molecule has 2 aromatic rings. The summed E-state index contributed by atoms with van der Waals surface area (Å²) in [6, 6.07) is 0. The minimum absolute atomic E-state index is 0.0557. The Labute approximate surface area is 70.5 Å². The Balaban J connectivity index is 2.19. The van der Waals surface area contributed by atoms with Crippen LogP contribution >= 0.6 is 0 Å². The molecule has 0 aliphatic heterocycles. The van der Waals surface area contributed by atoms with E-state index in [0.717, 1.165) is 0 Å². The summed E-state index contributed by atoms with van der Waals surface area (Å²) in [6.07, 6.45) is 1.28. The zero-order valence-electron chi connectivity index (χ0n) is 6.15. The number of nitrogens with zero attached hydrogens (tertiary/aromatic N) is 6. The second-order valence-electron chi connectivity index (χ2n) is 1.94. The third-order valence-corrected chi connectivity index (χ3v) is 1.09. The number of nitrogen functional groups attached to an aromatic ring is 1. The summed E-state index contributed by atoms with van der Waals surface area (Å²) in [5.41, 5.74) is 5.30. The first-order valence-corrected chi connectivity index (χ1v) is 3.13. The van der Waals surface area contributed by atoms with Crippen LogP contribution in [0.25, 0.3) is 0 Å². The highest BCUT2D eigenvalue weighted by molar-refractivity contribution is 5.48. The molecule has 9 heteroatoms. The van der Waals surface area contributed by atoms with Crippen LogP contribution in [-0.2, 0) is 0 Å². The van der Waals surface area contributed by atoms with Gasteiger partial charge in [0.15, 0.2) is 0 Å². The van der Waals surface area contributed by atoms with Crippen molar-refractivity contribution in [3.63, 3.8) is 0 Å². The summed E-state index contributed by atoms with van der Waals surface area (Å²) in [5.74, 6) is 0.352. The fourth-order valence-electron chi connectivity index (χ4n) is 0.562. The summed E-state index contributed by atoms with van der Waals surface area (Å²) >= 11 is 0. The normalized spacial score (nSPS) is 11.1. The van der Waals surface area contributed by atoms with Gasteiger partial charge in [0.2, 0.25) is 11.6 Å². The number of azo groups is 1. The van der Waals surface area contributed by atoms with Gasteiger partial charge < -0.3 is 5.73 Å². The average Bonchev–Trinajstić information content (AvgIpc) is 2.72. The molecule has 9 nitrogen and oxygen atoms in total. The Kier molecular flexibility index (Phi) is 1.67. The number of rotatable bonds is 2. The minimum atomic E-state index is 0.0557. The van der Waals surface area contributed by atoms with Crippen LogP contribution in [0.4, 0.5) is 17.5 Å². The number of hydrogen-bond acceptors (Lipinski definition) is 9. The van der Waals surface area contributed by atoms with Crippen molar-refractivity contribution in [2.75, 3.05) is 5.73 Å². The summed E-state index contributed by atoms with van der Waals surface area (Å²) in [6.45, 7) is 0. The fraction of sp³-hybridized carbons (Fsp3) is 0. The van der Waals surface area contributed by atoms with E-state index in [4.69, 9.17) is 5.73 Å². The van der Waals surface area contributed by atoms with Gasteiger partial charge in [-0.1, -0.05) is 5.16 Å². The zero-order valence-corrected chi connectivity index (χ0v) is 6.15. The largest absolute Gasteiger partial charge is 0.378 e. The molecule has 2 heterocycles. The van der Waals surface area contributed by atoms with Crippen LogP contribution < -0.4 is 5.73 Å². The van der Waals surface area contributed by atoms with Crippen LogP contribution in [0.1, 0.15) is 0 Å². The van der Waals surface area contributed by atoms with Crippen LogP contribution in [0.2, 0.25) is 0 Å². The summed E-state index contributed by atoms with van der Waals surface area (Å²) in [7, 11) is 0. The highest BCUT2D eigenvalue weighted by Gasteiger charge is 2.03. The van der Waals surface area contributed by atoms with Crippen molar-refractivity contribution in [3.8, 4) is 0 Å². The average molecular weight is 181 g/mol. The van der Waals surface area contributed by atoms with Crippen molar-refractivity contribution in [1.29, 1.82) is 0 Å². The van der Waals surface area contributed by atoms with Gasteiger partial charge in [-0.3, -0.25) is 0 Å². The molecule has 0 spiro atoms. The lowest BCUT2D eigenvalue weighted by atomic mass is 10.7. The summed E-state index contributed by atoms with van der Waals surface area (Å²) in [4.78, 5) is 0. The first-order chi connectivity index (χ1) is 6.36. The number of hydrogen-bond donors (Lipinski definition) is 1. The Morgan fingerprint density at radius 3 is 2.69 bits per heavy atom. The van der Waals surface area contributed by atoms with E-state index in [0.29, 0.717) is 0 Å². The van der Waals surface area contributed by atoms with Gasteiger partial charge >= 0.3 is 0 Å². The highest BCUT2D eigenvalue weighted by Crippen LogP contribution is 2.17. The van der Waals surface area contributed by atoms with Gasteiger partial charge in [-0.05, 0) is 15.5 Å². The van der Waals surface area contributed by atoms with E-state index >= 15 is 0 Å². The lowest BCUT2D eigenvalue weighted by Gasteiger charge is -1.79. The molecule has 0 bridgehead atoms. The standard InChI is InChI=1S/C4H3N7O2/c5-3-4(11-13-10-3)8-7-2-1-6-12-9-2/h1H,(H2,5,10). The van der Waals surface area contributed by atoms with E-state index < -0.39 is 0 Å². The fourth-order valence-corrected chi connectivity index (χ4v) is 0.562. The van der Waals surface area contributed by atoms with Crippen LogP contribution in [0.3, 0.4) is 0 Å². The highest BCUT2D eigenvalue weighted by atomic mass is 16.6. The quantitative estimate of drug-likeness (QED) is 0.665. The van der Waals surface area contributed by atoms with Crippen molar-refractivity contribution >= 4 is 17.5 Å². The molecule has 0 aromatic carbocycles. The van der Waals surface area contributed by atoms with Crippen LogP contribution in [0.5, 0.6) is 0 Å². The summed E-state index contributed by atoms with van der Waals surface area (Å²) in [5, 5.41) is 20.5. The second-order valence-corrected chi connectivity index (χ2v) is 1.94. The molecule has 0 aliphatic rings. The topological polar surface area (TPSA) is 129 Å². The van der Waals surface area contributed by atoms with Gasteiger partial charge in [0.25, 0.3) is 5.82 Å². The minimum Gasteiger partial charge on any atom is -0.378 e. The van der Waals surface area contributed by atoms with Gasteiger partial charge in [-0.2, -0.15) is 0 Å². The molecule has 2 rings (SSSR count). The molecule has 66 valence electrons. The molecule has 0 amide bonds. The number of nitrogens with two attached hydrogens (primary N) is 1. The van der Waals surface area contributed by atoms with Crippen molar-refractivity contribution in [2.24, 2.45) is 10.2 Å². The van der Waals surface area contributed by atoms with Gasteiger partial charge in [-0.25, -0.2) is 9.26 Å². The van der Waals surface area contributed by atoms with Crippen molar-refractivity contribution in [2.45, 2.75) is 0 Å². The Bertz CT molecular complexity index is 404. The maximum atomic E-state index is 5.30. The molecule has 0 atom stereocenters. The predicted octanol–water partition coefficient (Wildman–Crippen LogP) is 0.450. The van der Waals surface area contributed by atoms with Crippen molar-refractivity contribution < 1.29 is 9.26 Å². The SMILES string of the molecule is Nc1nonc1N=Nc1cnon1. The van der Waals surface area contributed by atoms with Crippen molar-refractivity contribution in [1.82, 2.24) is 20.6 Å². The maximum Gasteiger partial charge on any atom is 0.261 e. The molecule has 0 saturated carbocycles. The smallest absolute Gasteiger partial charge is 0.261 e. The molecule has 0 saturated heterocycles. The van der Waals surface area contributed by atoms with E-state index in [9.17, 15) is 0 Å². The van der Waals surface area contributed by atoms with Crippen molar-refractivity contribution in [3.05, 3.63) is 6.20 Å². The van der Waals surface area contributed by atoms with Gasteiger partial charge in [0.1, 0.15) is 6.20 Å². The van der Waals surface area contributed by atoms with Gasteiger partial charge in [-0.15, -0.1) is 10.2 Å². The third-order valence-electron chi connectivity index (χ3n) is 1.09. The molecule has 0 fully saturated rings. The van der Waals surface area contributed by atoms with Gasteiger partial charge in [0, 0.05) is 0 Å². The third kappa shape index (κ3) is 1.47. The monoisotopic (exact) mass is 181 g/mol. The van der Waals surface area contributed by atoms with E-state index in [2.05, 4.69) is 40.1 Å². The Hall–Kier alpha value is -2.32. The van der Waals surface area contributed by atoms with Crippen LogP contribution in [0, 0.1) is 0 Å². The lowest BCUT2D eigenvalue weighted by molar-refractivity contribution is 0.307. The Morgan fingerprint density at radius 1 is 1.15 bits per heavy atom. The molecule has 0 unspecified atom stereocenters. The molecule has 0 radical (unpaired) electrons. The molecule has 2 N–H and O–H groups in total. The summed E-state index contributed by atoms with van der Waals surface area (Å²) < 4.78 is 8.55. The predicted molar refractivity (Wildman–Crippen MR) is 37.2 cm³/mol. The number of aromatic nitrogens is 4. The van der Waals surface area contributed by atoms with E-state index in [-0.39, 0.29) is 17.5 Å². The molecule has 2 aromatic heterocycles. The molecule has 0 aliphatic carbocycles. The van der Waals surface area contributed by atoms with Crippen LogP contribution in [0.15, 0.2) is 25.7 Å². The molecular formula is C4H3N7O2. The maximum absolute atomic E-state index is 5.30. The Morgan fingerprint density at radius 2 is 2.08 bits per heavy atom. The zero-order chi connectivity index (χ0) is 9.10. The van der Waals surface area contributed by atoms with Gasteiger partial charge in [0.05, 0.1) is 0 Å².